The number of rotatable bonds is 8. The second-order valence-electron chi connectivity index (χ2n) is 11.0. The Morgan fingerprint density at radius 2 is 1.82 bits per heavy atom. The smallest absolute Gasteiger partial charge is 0.251 e. The summed E-state index contributed by atoms with van der Waals surface area (Å²) in [5.74, 6) is -0.138. The first-order valence-corrected chi connectivity index (χ1v) is 16.0. The molecule has 3 aromatic heterocycles. The molecule has 0 radical (unpaired) electrons. The molecule has 0 aliphatic rings. The van der Waals surface area contributed by atoms with E-state index in [1.54, 1.807) is 35.3 Å². The topological polar surface area (TPSA) is 81.9 Å². The van der Waals surface area contributed by atoms with E-state index in [0.717, 1.165) is 11.4 Å². The first kappa shape index (κ1) is 28.6. The molecule has 0 spiro atoms. The highest BCUT2D eigenvalue weighted by Gasteiger charge is 2.38. The number of hydrogen-bond acceptors (Lipinski definition) is 6. The van der Waals surface area contributed by atoms with Crippen molar-refractivity contribution in [3.8, 4) is 11.3 Å². The summed E-state index contributed by atoms with van der Waals surface area (Å²) in [6.07, 6.45) is 5.04. The Morgan fingerprint density at radius 3 is 2.49 bits per heavy atom. The predicted octanol–water partition coefficient (Wildman–Crippen LogP) is 7.16. The van der Waals surface area contributed by atoms with Crippen molar-refractivity contribution in [2.45, 2.75) is 51.9 Å². The number of aryl methyl sites for hydroxylation is 1. The Morgan fingerprint density at radius 1 is 1.08 bits per heavy atom. The van der Waals surface area contributed by atoms with E-state index in [1.807, 2.05) is 25.1 Å². The molecule has 0 amide bonds. The fraction of sp³-hybridized carbons (Fsp3) is 0.310. The molecule has 0 saturated heterocycles. The average molecular weight is 566 g/mol. The number of aromatic nitrogens is 4. The van der Waals surface area contributed by atoms with Crippen molar-refractivity contribution in [1.29, 1.82) is 0 Å². The van der Waals surface area contributed by atoms with Crippen LogP contribution in [0, 0.1) is 12.7 Å². The third kappa shape index (κ3) is 6.79. The number of nitrogens with zero attached hydrogens (tertiary/aromatic N) is 4. The lowest BCUT2D eigenvalue weighted by Crippen LogP contribution is -2.43. The van der Waals surface area contributed by atoms with Gasteiger partial charge in [0, 0.05) is 41.6 Å². The quantitative estimate of drug-likeness (QED) is 0.228. The van der Waals surface area contributed by atoms with Crippen LogP contribution in [0.2, 0.25) is 23.2 Å². The zero-order chi connectivity index (χ0) is 28.4. The van der Waals surface area contributed by atoms with Crippen molar-refractivity contribution < 1.29 is 8.82 Å². The number of anilines is 2. The van der Waals surface area contributed by atoms with E-state index >= 15 is 0 Å². The van der Waals surface area contributed by atoms with Gasteiger partial charge < -0.3 is 14.3 Å². The molecule has 0 saturated carbocycles. The lowest BCUT2D eigenvalue weighted by Gasteiger charge is -2.37. The summed E-state index contributed by atoms with van der Waals surface area (Å²) in [5, 5.41) is 3.17. The van der Waals surface area contributed by atoms with Gasteiger partial charge >= 0.3 is 0 Å². The molecule has 1 atom stereocenters. The summed E-state index contributed by atoms with van der Waals surface area (Å²) in [5.41, 5.74) is 3.26. The summed E-state index contributed by atoms with van der Waals surface area (Å²) in [6, 6.07) is 12.9. The van der Waals surface area contributed by atoms with Crippen molar-refractivity contribution in [1.82, 2.24) is 19.5 Å². The fourth-order valence-corrected chi connectivity index (χ4v) is 4.92. The monoisotopic (exact) mass is 565 g/mol. The normalized spacial score (nSPS) is 12.8. The predicted molar refractivity (Wildman–Crippen MR) is 157 cm³/mol. The van der Waals surface area contributed by atoms with Gasteiger partial charge in [0.15, 0.2) is 8.32 Å². The Labute approximate surface area is 234 Å². The minimum absolute atomic E-state index is 0.0225. The van der Waals surface area contributed by atoms with Gasteiger partial charge in [0.25, 0.3) is 5.56 Å². The first-order valence-electron chi connectivity index (χ1n) is 12.7. The highest BCUT2D eigenvalue weighted by molar-refractivity contribution is 6.74. The Bertz CT molecular complexity index is 1540. The summed E-state index contributed by atoms with van der Waals surface area (Å²) in [6.45, 7) is 12.9. The minimum Gasteiger partial charge on any atom is -0.414 e. The van der Waals surface area contributed by atoms with Crippen LogP contribution < -0.4 is 10.9 Å². The van der Waals surface area contributed by atoms with Gasteiger partial charge in [-0.05, 0) is 67.0 Å². The van der Waals surface area contributed by atoms with Gasteiger partial charge in [-0.1, -0.05) is 38.4 Å². The molecule has 1 N–H and O–H groups in total. The molecule has 0 aliphatic heterocycles. The summed E-state index contributed by atoms with van der Waals surface area (Å²) >= 11 is 5.94. The lowest BCUT2D eigenvalue weighted by atomic mass is 10.1. The van der Waals surface area contributed by atoms with Crippen LogP contribution in [0.15, 0.2) is 71.9 Å². The molecule has 39 heavy (non-hydrogen) atoms. The highest BCUT2D eigenvalue weighted by Crippen LogP contribution is 2.37. The van der Waals surface area contributed by atoms with Crippen molar-refractivity contribution in [3.05, 3.63) is 99.6 Å². The van der Waals surface area contributed by atoms with E-state index in [9.17, 15) is 9.18 Å². The van der Waals surface area contributed by atoms with Gasteiger partial charge in [-0.2, -0.15) is 0 Å². The number of pyridine rings is 2. The standard InChI is InChI=1S/C29H33ClFN5O2Si/c1-19-15-22(9-12-32-19)34-28-33-13-10-25(35-28)20-11-14-36(27(37)17-20)26(18-38-39(5,6)29(2,3)4)21-7-8-23(30)24(31)16-21/h7-17,26H,18H2,1-6H3,(H,32,33,34,35)/t26-/m1/s1. The molecule has 10 heteroatoms. The second kappa shape index (κ2) is 11.4. The maximum Gasteiger partial charge on any atom is 0.251 e. The molecule has 204 valence electrons. The maximum atomic E-state index is 14.4. The van der Waals surface area contributed by atoms with E-state index in [-0.39, 0.29) is 22.2 Å². The average Bonchev–Trinajstić information content (AvgIpc) is 2.86. The number of halogens is 2. The minimum atomic E-state index is -2.14. The summed E-state index contributed by atoms with van der Waals surface area (Å²) < 4.78 is 22.5. The lowest BCUT2D eigenvalue weighted by molar-refractivity contribution is 0.246. The van der Waals surface area contributed by atoms with Crippen LogP contribution in [-0.4, -0.2) is 34.4 Å². The third-order valence-electron chi connectivity index (χ3n) is 7.12. The van der Waals surface area contributed by atoms with Crippen LogP contribution in [0.4, 0.5) is 16.0 Å². The van der Waals surface area contributed by atoms with Crippen LogP contribution in [0.1, 0.15) is 38.1 Å². The van der Waals surface area contributed by atoms with Gasteiger partial charge in [-0.3, -0.25) is 9.78 Å². The van der Waals surface area contributed by atoms with Crippen LogP contribution in [0.25, 0.3) is 11.3 Å². The molecule has 0 bridgehead atoms. The van der Waals surface area contributed by atoms with Gasteiger partial charge in [0.2, 0.25) is 5.95 Å². The van der Waals surface area contributed by atoms with Crippen LogP contribution in [-0.2, 0) is 4.43 Å². The van der Waals surface area contributed by atoms with Crippen molar-refractivity contribution >= 4 is 31.6 Å². The Balaban J connectivity index is 1.66. The summed E-state index contributed by atoms with van der Waals surface area (Å²) in [4.78, 5) is 26.5. The Hall–Kier alpha value is -3.40. The van der Waals surface area contributed by atoms with E-state index < -0.39 is 20.2 Å². The van der Waals surface area contributed by atoms with E-state index in [0.29, 0.717) is 22.8 Å². The van der Waals surface area contributed by atoms with E-state index in [2.05, 4.69) is 54.1 Å². The van der Waals surface area contributed by atoms with Crippen LogP contribution in [0.3, 0.4) is 0 Å². The zero-order valence-corrected chi connectivity index (χ0v) is 24.8. The van der Waals surface area contributed by atoms with Gasteiger partial charge in [-0.25, -0.2) is 14.4 Å². The number of nitrogens with one attached hydrogen (secondary N) is 1. The highest BCUT2D eigenvalue weighted by atomic mass is 35.5. The summed E-state index contributed by atoms with van der Waals surface area (Å²) in [7, 11) is -2.14. The molecule has 7 nitrogen and oxygen atoms in total. The van der Waals surface area contributed by atoms with E-state index in [4.69, 9.17) is 16.0 Å². The molecule has 0 unspecified atom stereocenters. The SMILES string of the molecule is Cc1cc(Nc2nccc(-c3ccn([C@H](CO[Si](C)(C)C(C)(C)C)c4ccc(Cl)c(F)c4)c(=O)c3)n2)ccn1. The molecule has 1 aromatic carbocycles. The number of benzene rings is 1. The van der Waals surface area contributed by atoms with Crippen molar-refractivity contribution in [2.24, 2.45) is 0 Å². The molecule has 3 heterocycles. The maximum absolute atomic E-state index is 14.4. The van der Waals surface area contributed by atoms with Crippen molar-refractivity contribution in [2.75, 3.05) is 11.9 Å². The fourth-order valence-electron chi connectivity index (χ4n) is 3.80. The largest absolute Gasteiger partial charge is 0.414 e. The molecule has 0 aliphatic carbocycles. The Kier molecular flexibility index (Phi) is 8.34. The molecular weight excluding hydrogens is 533 g/mol. The van der Waals surface area contributed by atoms with Gasteiger partial charge in [0.05, 0.1) is 23.4 Å². The van der Waals surface area contributed by atoms with E-state index in [1.165, 1.54) is 18.2 Å². The van der Waals surface area contributed by atoms with Crippen molar-refractivity contribution in [3.63, 3.8) is 0 Å². The third-order valence-corrected chi connectivity index (χ3v) is 11.9. The first-order chi connectivity index (χ1) is 18.3. The van der Waals surface area contributed by atoms with Crippen LogP contribution >= 0.6 is 11.6 Å². The second-order valence-corrected chi connectivity index (χ2v) is 16.2. The molecule has 4 aromatic rings. The van der Waals surface area contributed by atoms with Gasteiger partial charge in [-0.15, -0.1) is 0 Å². The molecular formula is C29H33ClFN5O2Si. The van der Waals surface area contributed by atoms with Gasteiger partial charge in [0.1, 0.15) is 5.82 Å². The number of hydrogen-bond donors (Lipinski definition) is 1. The zero-order valence-electron chi connectivity index (χ0n) is 23.0. The van der Waals surface area contributed by atoms with Crippen LogP contribution in [0.5, 0.6) is 0 Å². The molecule has 0 fully saturated rings. The molecule has 4 rings (SSSR count).